The molecule has 102 valence electrons. The van der Waals surface area contributed by atoms with Crippen molar-refractivity contribution in [1.29, 1.82) is 0 Å². The van der Waals surface area contributed by atoms with Crippen LogP contribution >= 0.6 is 0 Å². The number of anilines is 1. The SMILES string of the molecule is CCCNCCNC(=O)c1ccc2c(c1)CC(=O)N2. The number of carbonyl (C=O) groups is 2. The van der Waals surface area contributed by atoms with Crippen LogP contribution in [0.4, 0.5) is 5.69 Å². The van der Waals surface area contributed by atoms with Gasteiger partial charge in [-0.25, -0.2) is 0 Å². The van der Waals surface area contributed by atoms with Gasteiger partial charge < -0.3 is 16.0 Å². The third-order valence-corrected chi connectivity index (χ3v) is 3.01. The summed E-state index contributed by atoms with van der Waals surface area (Å²) < 4.78 is 0. The lowest BCUT2D eigenvalue weighted by atomic mass is 10.1. The van der Waals surface area contributed by atoms with Crippen LogP contribution in [0.2, 0.25) is 0 Å². The molecule has 0 spiro atoms. The first-order chi connectivity index (χ1) is 9.20. The van der Waals surface area contributed by atoms with Crippen LogP contribution in [0.5, 0.6) is 0 Å². The zero-order chi connectivity index (χ0) is 13.7. The fourth-order valence-electron chi connectivity index (χ4n) is 2.04. The topological polar surface area (TPSA) is 70.2 Å². The molecule has 19 heavy (non-hydrogen) atoms. The van der Waals surface area contributed by atoms with Gasteiger partial charge in [0.15, 0.2) is 0 Å². The average Bonchev–Trinajstić information content (AvgIpc) is 2.77. The molecular weight excluding hydrogens is 242 g/mol. The number of hydrogen-bond acceptors (Lipinski definition) is 3. The van der Waals surface area contributed by atoms with E-state index >= 15 is 0 Å². The Morgan fingerprint density at radius 2 is 2.16 bits per heavy atom. The molecule has 0 aromatic heterocycles. The summed E-state index contributed by atoms with van der Waals surface area (Å²) in [6.45, 7) is 4.44. The highest BCUT2D eigenvalue weighted by Gasteiger charge is 2.18. The van der Waals surface area contributed by atoms with Gasteiger partial charge >= 0.3 is 0 Å². The Balaban J connectivity index is 1.86. The van der Waals surface area contributed by atoms with Gasteiger partial charge in [0, 0.05) is 24.3 Å². The summed E-state index contributed by atoms with van der Waals surface area (Å²) in [5, 5.41) is 8.82. The van der Waals surface area contributed by atoms with Crippen molar-refractivity contribution < 1.29 is 9.59 Å². The molecule has 0 saturated carbocycles. The Labute approximate surface area is 112 Å². The number of benzene rings is 1. The lowest BCUT2D eigenvalue weighted by Gasteiger charge is -2.07. The third-order valence-electron chi connectivity index (χ3n) is 3.01. The van der Waals surface area contributed by atoms with Crippen molar-refractivity contribution in [3.63, 3.8) is 0 Å². The van der Waals surface area contributed by atoms with Gasteiger partial charge in [-0.2, -0.15) is 0 Å². The molecule has 5 nitrogen and oxygen atoms in total. The van der Waals surface area contributed by atoms with Crippen LogP contribution < -0.4 is 16.0 Å². The molecule has 0 bridgehead atoms. The van der Waals surface area contributed by atoms with E-state index in [1.807, 2.05) is 0 Å². The predicted octanol–water partition coefficient (Wildman–Crippen LogP) is 0.911. The average molecular weight is 261 g/mol. The van der Waals surface area contributed by atoms with Crippen LogP contribution in [-0.4, -0.2) is 31.4 Å². The van der Waals surface area contributed by atoms with Crippen molar-refractivity contribution in [2.75, 3.05) is 25.0 Å². The first kappa shape index (κ1) is 13.5. The fourth-order valence-corrected chi connectivity index (χ4v) is 2.04. The molecule has 1 aliphatic rings. The molecule has 0 radical (unpaired) electrons. The number of rotatable bonds is 6. The number of amides is 2. The van der Waals surface area contributed by atoms with Crippen LogP contribution in [-0.2, 0) is 11.2 Å². The van der Waals surface area contributed by atoms with Crippen molar-refractivity contribution >= 4 is 17.5 Å². The third kappa shape index (κ3) is 3.54. The molecule has 3 N–H and O–H groups in total. The van der Waals surface area contributed by atoms with E-state index in [0.717, 1.165) is 30.8 Å². The van der Waals surface area contributed by atoms with Gasteiger partial charge in [-0.1, -0.05) is 6.92 Å². The maximum atomic E-state index is 11.9. The highest BCUT2D eigenvalue weighted by Crippen LogP contribution is 2.23. The minimum atomic E-state index is -0.0968. The van der Waals surface area contributed by atoms with E-state index in [-0.39, 0.29) is 11.8 Å². The number of carbonyl (C=O) groups excluding carboxylic acids is 2. The van der Waals surface area contributed by atoms with Gasteiger partial charge in [0.05, 0.1) is 6.42 Å². The maximum absolute atomic E-state index is 11.9. The molecule has 1 aliphatic heterocycles. The highest BCUT2D eigenvalue weighted by molar-refractivity contribution is 6.01. The summed E-state index contributed by atoms with van der Waals surface area (Å²) in [6, 6.07) is 5.30. The Morgan fingerprint density at radius 3 is 2.95 bits per heavy atom. The normalized spacial score (nSPS) is 13.0. The van der Waals surface area contributed by atoms with Crippen LogP contribution in [0.3, 0.4) is 0 Å². The predicted molar refractivity (Wildman–Crippen MR) is 74.3 cm³/mol. The van der Waals surface area contributed by atoms with E-state index in [1.54, 1.807) is 18.2 Å². The largest absolute Gasteiger partial charge is 0.351 e. The summed E-state index contributed by atoms with van der Waals surface area (Å²) in [5.41, 5.74) is 2.30. The first-order valence-electron chi connectivity index (χ1n) is 6.62. The van der Waals surface area contributed by atoms with E-state index < -0.39 is 0 Å². The quantitative estimate of drug-likeness (QED) is 0.667. The van der Waals surface area contributed by atoms with Crippen molar-refractivity contribution in [2.24, 2.45) is 0 Å². The van der Waals surface area contributed by atoms with Crippen LogP contribution in [0.15, 0.2) is 18.2 Å². The molecule has 0 saturated heterocycles. The molecule has 5 heteroatoms. The monoisotopic (exact) mass is 261 g/mol. The van der Waals surface area contributed by atoms with Crippen molar-refractivity contribution in [1.82, 2.24) is 10.6 Å². The van der Waals surface area contributed by atoms with E-state index in [0.29, 0.717) is 18.5 Å². The van der Waals surface area contributed by atoms with Crippen molar-refractivity contribution in [2.45, 2.75) is 19.8 Å². The van der Waals surface area contributed by atoms with Gasteiger partial charge in [-0.3, -0.25) is 9.59 Å². The van der Waals surface area contributed by atoms with E-state index in [2.05, 4.69) is 22.9 Å². The molecule has 1 aromatic rings. The number of nitrogens with one attached hydrogen (secondary N) is 3. The van der Waals surface area contributed by atoms with E-state index in [9.17, 15) is 9.59 Å². The number of hydrogen-bond donors (Lipinski definition) is 3. The Bertz CT molecular complexity index is 486. The van der Waals surface area contributed by atoms with Gasteiger partial charge in [-0.05, 0) is 36.7 Å². The second-order valence-corrected chi connectivity index (χ2v) is 4.60. The second-order valence-electron chi connectivity index (χ2n) is 4.60. The van der Waals surface area contributed by atoms with Gasteiger partial charge in [0.2, 0.25) is 5.91 Å². The fraction of sp³-hybridized carbons (Fsp3) is 0.429. The summed E-state index contributed by atoms with van der Waals surface area (Å²) in [6.07, 6.45) is 1.44. The molecule has 2 amide bonds. The molecule has 0 fully saturated rings. The summed E-state index contributed by atoms with van der Waals surface area (Å²) in [4.78, 5) is 23.1. The minimum Gasteiger partial charge on any atom is -0.351 e. The van der Waals surface area contributed by atoms with Crippen LogP contribution in [0.1, 0.15) is 29.3 Å². The summed E-state index contributed by atoms with van der Waals surface area (Å²) in [5.74, 6) is -0.114. The van der Waals surface area contributed by atoms with Gasteiger partial charge in [0.25, 0.3) is 5.91 Å². The Morgan fingerprint density at radius 1 is 1.32 bits per heavy atom. The van der Waals surface area contributed by atoms with Gasteiger partial charge in [0.1, 0.15) is 0 Å². The lowest BCUT2D eigenvalue weighted by Crippen LogP contribution is -2.32. The maximum Gasteiger partial charge on any atom is 0.251 e. The molecule has 1 heterocycles. The second kappa shape index (κ2) is 6.33. The zero-order valence-electron chi connectivity index (χ0n) is 11.1. The highest BCUT2D eigenvalue weighted by atomic mass is 16.2. The first-order valence-corrected chi connectivity index (χ1v) is 6.62. The standard InChI is InChI=1S/C14H19N3O2/c1-2-5-15-6-7-16-14(19)10-3-4-12-11(8-10)9-13(18)17-12/h3-4,8,15H,2,5-7,9H2,1H3,(H,16,19)(H,17,18). The molecule has 1 aromatic carbocycles. The molecule has 2 rings (SSSR count). The Hall–Kier alpha value is -1.88. The molecule has 0 aliphatic carbocycles. The van der Waals surface area contributed by atoms with E-state index in [1.165, 1.54) is 0 Å². The number of fused-ring (bicyclic) bond motifs is 1. The zero-order valence-corrected chi connectivity index (χ0v) is 11.1. The Kier molecular flexibility index (Phi) is 4.52. The smallest absolute Gasteiger partial charge is 0.251 e. The molecule has 0 unspecified atom stereocenters. The minimum absolute atomic E-state index is 0.0173. The van der Waals surface area contributed by atoms with Crippen molar-refractivity contribution in [3.05, 3.63) is 29.3 Å². The lowest BCUT2D eigenvalue weighted by molar-refractivity contribution is -0.115. The van der Waals surface area contributed by atoms with Crippen LogP contribution in [0.25, 0.3) is 0 Å². The molecular formula is C14H19N3O2. The van der Waals surface area contributed by atoms with Crippen molar-refractivity contribution in [3.8, 4) is 0 Å². The summed E-state index contributed by atoms with van der Waals surface area (Å²) in [7, 11) is 0. The summed E-state index contributed by atoms with van der Waals surface area (Å²) >= 11 is 0. The van der Waals surface area contributed by atoms with Gasteiger partial charge in [-0.15, -0.1) is 0 Å². The van der Waals surface area contributed by atoms with Crippen LogP contribution in [0, 0.1) is 0 Å². The molecule has 0 atom stereocenters. The van der Waals surface area contributed by atoms with E-state index in [4.69, 9.17) is 0 Å².